The highest BCUT2D eigenvalue weighted by Gasteiger charge is 2.00. The Labute approximate surface area is 97.0 Å². The smallest absolute Gasteiger partial charge is 0.150 e. The molecule has 2 aromatic rings. The third-order valence-corrected chi connectivity index (χ3v) is 3.82. The number of thiazole rings is 1. The number of anilines is 1. The SMILES string of the molecule is CNc1cccc(CSc2nccs2)n1. The molecule has 78 valence electrons. The van der Waals surface area contributed by atoms with Crippen molar-refractivity contribution in [2.75, 3.05) is 12.4 Å². The van der Waals surface area contributed by atoms with Crippen molar-refractivity contribution >= 4 is 28.9 Å². The Bertz CT molecular complexity index is 414. The molecule has 0 aliphatic heterocycles. The molecule has 15 heavy (non-hydrogen) atoms. The second-order valence-corrected chi connectivity index (χ2v) is 4.97. The lowest BCUT2D eigenvalue weighted by atomic mass is 10.4. The summed E-state index contributed by atoms with van der Waals surface area (Å²) in [6, 6.07) is 6.00. The molecule has 2 rings (SSSR count). The van der Waals surface area contributed by atoms with Gasteiger partial charge in [0.25, 0.3) is 0 Å². The molecule has 0 bridgehead atoms. The summed E-state index contributed by atoms with van der Waals surface area (Å²) in [6.07, 6.45) is 1.82. The number of aromatic nitrogens is 2. The van der Waals surface area contributed by atoms with Crippen LogP contribution in [0.4, 0.5) is 5.82 Å². The molecular weight excluding hydrogens is 226 g/mol. The summed E-state index contributed by atoms with van der Waals surface area (Å²) in [5.41, 5.74) is 1.07. The van der Waals surface area contributed by atoms with E-state index in [-0.39, 0.29) is 0 Å². The number of hydrogen-bond acceptors (Lipinski definition) is 5. The van der Waals surface area contributed by atoms with Gasteiger partial charge < -0.3 is 5.32 Å². The van der Waals surface area contributed by atoms with Crippen LogP contribution in [0.3, 0.4) is 0 Å². The molecule has 0 spiro atoms. The Morgan fingerprint density at radius 3 is 3.13 bits per heavy atom. The molecule has 0 aliphatic rings. The highest BCUT2D eigenvalue weighted by molar-refractivity contribution is 8.00. The predicted octanol–water partition coefficient (Wildman–Crippen LogP) is 2.87. The molecule has 5 heteroatoms. The monoisotopic (exact) mass is 237 g/mol. The minimum absolute atomic E-state index is 0.864. The van der Waals surface area contributed by atoms with E-state index >= 15 is 0 Å². The predicted molar refractivity (Wildman–Crippen MR) is 65.5 cm³/mol. The van der Waals surface area contributed by atoms with E-state index in [1.807, 2.05) is 36.8 Å². The van der Waals surface area contributed by atoms with Gasteiger partial charge in [-0.2, -0.15) is 0 Å². The van der Waals surface area contributed by atoms with Crippen molar-refractivity contribution in [1.82, 2.24) is 9.97 Å². The summed E-state index contributed by atoms with van der Waals surface area (Å²) in [6.45, 7) is 0. The molecule has 3 nitrogen and oxygen atoms in total. The molecular formula is C10H11N3S2. The highest BCUT2D eigenvalue weighted by atomic mass is 32.2. The van der Waals surface area contributed by atoms with Crippen molar-refractivity contribution in [1.29, 1.82) is 0 Å². The van der Waals surface area contributed by atoms with Gasteiger partial charge in [0, 0.05) is 24.4 Å². The lowest BCUT2D eigenvalue weighted by Gasteiger charge is -2.02. The van der Waals surface area contributed by atoms with Crippen LogP contribution < -0.4 is 5.32 Å². The van der Waals surface area contributed by atoms with Gasteiger partial charge >= 0.3 is 0 Å². The average Bonchev–Trinajstić information content (AvgIpc) is 2.79. The quantitative estimate of drug-likeness (QED) is 0.830. The minimum Gasteiger partial charge on any atom is -0.373 e. The standard InChI is InChI=1S/C10H11N3S2/c1-11-9-4-2-3-8(13-9)7-15-10-12-5-6-14-10/h2-6H,7H2,1H3,(H,11,13). The van der Waals surface area contributed by atoms with Crippen LogP contribution in [-0.2, 0) is 5.75 Å². The second kappa shape index (κ2) is 5.14. The van der Waals surface area contributed by atoms with Gasteiger partial charge in [0.15, 0.2) is 0 Å². The first-order valence-corrected chi connectivity index (χ1v) is 6.41. The molecule has 0 aliphatic carbocycles. The lowest BCUT2D eigenvalue weighted by molar-refractivity contribution is 1.16. The molecule has 0 saturated heterocycles. The van der Waals surface area contributed by atoms with E-state index < -0.39 is 0 Å². The van der Waals surface area contributed by atoms with Gasteiger partial charge in [-0.15, -0.1) is 11.3 Å². The summed E-state index contributed by atoms with van der Waals surface area (Å²) in [4.78, 5) is 8.65. The van der Waals surface area contributed by atoms with Crippen LogP contribution in [0.2, 0.25) is 0 Å². The molecule has 0 aromatic carbocycles. The largest absolute Gasteiger partial charge is 0.373 e. The van der Waals surface area contributed by atoms with Gasteiger partial charge in [-0.3, -0.25) is 0 Å². The Morgan fingerprint density at radius 1 is 1.47 bits per heavy atom. The van der Waals surface area contributed by atoms with Crippen LogP contribution in [0.15, 0.2) is 34.1 Å². The number of thioether (sulfide) groups is 1. The zero-order chi connectivity index (χ0) is 10.5. The van der Waals surface area contributed by atoms with E-state index in [9.17, 15) is 0 Å². The molecule has 0 fully saturated rings. The summed E-state index contributed by atoms with van der Waals surface area (Å²) in [5, 5.41) is 5.01. The van der Waals surface area contributed by atoms with Gasteiger partial charge in [0.05, 0.1) is 5.69 Å². The van der Waals surface area contributed by atoms with Crippen LogP contribution in [0.25, 0.3) is 0 Å². The van der Waals surface area contributed by atoms with E-state index in [0.29, 0.717) is 0 Å². The van der Waals surface area contributed by atoms with Gasteiger partial charge in [0.2, 0.25) is 0 Å². The van der Waals surface area contributed by atoms with Crippen LogP contribution in [0, 0.1) is 0 Å². The fraction of sp³-hybridized carbons (Fsp3) is 0.200. The molecule has 0 saturated carbocycles. The topological polar surface area (TPSA) is 37.8 Å². The fourth-order valence-corrected chi connectivity index (χ4v) is 2.66. The molecule has 0 atom stereocenters. The van der Waals surface area contributed by atoms with Gasteiger partial charge in [-0.25, -0.2) is 9.97 Å². The van der Waals surface area contributed by atoms with Crippen molar-refractivity contribution < 1.29 is 0 Å². The van der Waals surface area contributed by atoms with Crippen LogP contribution in [0.5, 0.6) is 0 Å². The molecule has 0 unspecified atom stereocenters. The summed E-state index contributed by atoms with van der Waals surface area (Å²) in [5.74, 6) is 1.77. The third kappa shape index (κ3) is 2.94. The van der Waals surface area contributed by atoms with Crippen molar-refractivity contribution in [3.63, 3.8) is 0 Å². The highest BCUT2D eigenvalue weighted by Crippen LogP contribution is 2.23. The Balaban J connectivity index is 1.98. The van der Waals surface area contributed by atoms with Gasteiger partial charge in [-0.1, -0.05) is 17.8 Å². The number of pyridine rings is 1. The molecule has 1 N–H and O–H groups in total. The van der Waals surface area contributed by atoms with Crippen molar-refractivity contribution in [2.45, 2.75) is 10.1 Å². The summed E-state index contributed by atoms with van der Waals surface area (Å²) in [7, 11) is 1.88. The summed E-state index contributed by atoms with van der Waals surface area (Å²) >= 11 is 3.38. The van der Waals surface area contributed by atoms with Crippen LogP contribution in [0.1, 0.15) is 5.69 Å². The first-order chi connectivity index (χ1) is 7.38. The molecule has 0 amide bonds. The van der Waals surface area contributed by atoms with E-state index in [1.54, 1.807) is 23.1 Å². The lowest BCUT2D eigenvalue weighted by Crippen LogP contribution is -1.94. The van der Waals surface area contributed by atoms with Gasteiger partial charge in [-0.05, 0) is 12.1 Å². The Hall–Kier alpha value is -1.07. The average molecular weight is 237 g/mol. The zero-order valence-corrected chi connectivity index (χ0v) is 9.94. The van der Waals surface area contributed by atoms with E-state index in [4.69, 9.17) is 0 Å². The van der Waals surface area contributed by atoms with Crippen molar-refractivity contribution in [3.05, 3.63) is 35.5 Å². The number of nitrogens with zero attached hydrogens (tertiary/aromatic N) is 2. The molecule has 2 heterocycles. The van der Waals surface area contributed by atoms with E-state index in [1.165, 1.54) is 0 Å². The van der Waals surface area contributed by atoms with Crippen molar-refractivity contribution in [2.24, 2.45) is 0 Å². The maximum atomic E-state index is 4.44. The van der Waals surface area contributed by atoms with E-state index in [2.05, 4.69) is 15.3 Å². The van der Waals surface area contributed by atoms with Gasteiger partial charge in [0.1, 0.15) is 10.2 Å². The zero-order valence-electron chi connectivity index (χ0n) is 8.30. The van der Waals surface area contributed by atoms with E-state index in [0.717, 1.165) is 21.6 Å². The normalized spacial score (nSPS) is 10.2. The van der Waals surface area contributed by atoms with Crippen LogP contribution in [-0.4, -0.2) is 17.0 Å². The number of rotatable bonds is 4. The minimum atomic E-state index is 0.864. The maximum absolute atomic E-state index is 4.44. The first-order valence-electron chi connectivity index (χ1n) is 4.54. The Kier molecular flexibility index (Phi) is 3.58. The summed E-state index contributed by atoms with van der Waals surface area (Å²) < 4.78 is 1.09. The second-order valence-electron chi connectivity index (χ2n) is 2.85. The fourth-order valence-electron chi connectivity index (χ4n) is 1.12. The Morgan fingerprint density at radius 2 is 2.40 bits per heavy atom. The maximum Gasteiger partial charge on any atom is 0.150 e. The third-order valence-electron chi connectivity index (χ3n) is 1.82. The molecule has 0 radical (unpaired) electrons. The number of hydrogen-bond donors (Lipinski definition) is 1. The molecule has 2 aromatic heterocycles. The number of nitrogens with one attached hydrogen (secondary N) is 1. The first kappa shape index (κ1) is 10.4. The van der Waals surface area contributed by atoms with Crippen LogP contribution >= 0.6 is 23.1 Å². The van der Waals surface area contributed by atoms with Crippen molar-refractivity contribution in [3.8, 4) is 0 Å².